The number of halogens is 1. The zero-order chi connectivity index (χ0) is 14.2. The molecular formula is C18H16ClN. The molecule has 100 valence electrons. The van der Waals surface area contributed by atoms with E-state index in [1.165, 1.54) is 0 Å². The van der Waals surface area contributed by atoms with Crippen molar-refractivity contribution in [2.24, 2.45) is 0 Å². The zero-order valence-corrected chi connectivity index (χ0v) is 11.9. The highest BCUT2D eigenvalue weighted by atomic mass is 35.5. The van der Waals surface area contributed by atoms with Crippen molar-refractivity contribution in [2.45, 2.75) is 6.04 Å². The molecule has 0 amide bonds. The fourth-order valence-corrected chi connectivity index (χ4v) is 1.91. The van der Waals surface area contributed by atoms with Gasteiger partial charge >= 0.3 is 0 Å². The molecule has 1 unspecified atom stereocenters. The van der Waals surface area contributed by atoms with Crippen molar-refractivity contribution in [3.63, 3.8) is 0 Å². The molecule has 0 heterocycles. The molecule has 2 rings (SSSR count). The second-order valence-corrected chi connectivity index (χ2v) is 4.75. The van der Waals surface area contributed by atoms with Crippen LogP contribution in [0.5, 0.6) is 0 Å². The Labute approximate surface area is 125 Å². The molecule has 0 saturated carbocycles. The summed E-state index contributed by atoms with van der Waals surface area (Å²) in [6.07, 6.45) is 1.83. The highest BCUT2D eigenvalue weighted by Crippen LogP contribution is 2.16. The zero-order valence-electron chi connectivity index (χ0n) is 11.1. The average Bonchev–Trinajstić information content (AvgIpc) is 2.50. The van der Waals surface area contributed by atoms with Crippen molar-refractivity contribution < 1.29 is 0 Å². The lowest BCUT2D eigenvalue weighted by atomic mass is 10.1. The van der Waals surface area contributed by atoms with Gasteiger partial charge in [-0.3, -0.25) is 5.32 Å². The Morgan fingerprint density at radius 2 is 1.80 bits per heavy atom. The first-order chi connectivity index (χ1) is 9.79. The van der Waals surface area contributed by atoms with Crippen molar-refractivity contribution in [3.8, 4) is 11.8 Å². The van der Waals surface area contributed by atoms with Crippen LogP contribution in [0.4, 0.5) is 0 Å². The predicted octanol–water partition coefficient (Wildman–Crippen LogP) is 4.21. The molecule has 2 aromatic carbocycles. The van der Waals surface area contributed by atoms with Gasteiger partial charge in [-0.05, 0) is 29.8 Å². The van der Waals surface area contributed by atoms with Gasteiger partial charge in [-0.2, -0.15) is 0 Å². The van der Waals surface area contributed by atoms with Crippen molar-refractivity contribution in [1.29, 1.82) is 0 Å². The van der Waals surface area contributed by atoms with Crippen LogP contribution in [0.15, 0.2) is 67.3 Å². The molecule has 20 heavy (non-hydrogen) atoms. The maximum Gasteiger partial charge on any atom is 0.0952 e. The number of rotatable bonds is 4. The smallest absolute Gasteiger partial charge is 0.0952 e. The molecule has 0 aliphatic carbocycles. The topological polar surface area (TPSA) is 12.0 Å². The first-order valence-electron chi connectivity index (χ1n) is 6.46. The summed E-state index contributed by atoms with van der Waals surface area (Å²) >= 11 is 5.92. The van der Waals surface area contributed by atoms with Crippen LogP contribution in [0.25, 0.3) is 0 Å². The Morgan fingerprint density at radius 1 is 1.10 bits per heavy atom. The third-order valence-electron chi connectivity index (χ3n) is 2.80. The molecule has 1 nitrogen and oxygen atoms in total. The van der Waals surface area contributed by atoms with Crippen LogP contribution in [0.3, 0.4) is 0 Å². The fourth-order valence-electron chi connectivity index (χ4n) is 1.79. The van der Waals surface area contributed by atoms with Crippen LogP contribution in [0.2, 0.25) is 5.02 Å². The van der Waals surface area contributed by atoms with Crippen LogP contribution < -0.4 is 5.32 Å². The van der Waals surface area contributed by atoms with E-state index >= 15 is 0 Å². The van der Waals surface area contributed by atoms with E-state index < -0.39 is 0 Å². The minimum absolute atomic E-state index is 0.0366. The minimum Gasteiger partial charge on any atom is -0.296 e. The number of nitrogens with one attached hydrogen (secondary N) is 1. The molecule has 0 spiro atoms. The molecule has 0 bridgehead atoms. The monoisotopic (exact) mass is 281 g/mol. The molecule has 1 N–H and O–H groups in total. The van der Waals surface area contributed by atoms with E-state index in [4.69, 9.17) is 11.6 Å². The molecule has 0 saturated heterocycles. The van der Waals surface area contributed by atoms with Crippen LogP contribution in [0.1, 0.15) is 17.2 Å². The first-order valence-corrected chi connectivity index (χ1v) is 6.84. The normalized spacial score (nSPS) is 11.2. The van der Waals surface area contributed by atoms with Gasteiger partial charge in [0.15, 0.2) is 0 Å². The lowest BCUT2D eigenvalue weighted by Gasteiger charge is -2.12. The van der Waals surface area contributed by atoms with E-state index in [1.54, 1.807) is 0 Å². The van der Waals surface area contributed by atoms with Crippen LogP contribution >= 0.6 is 11.6 Å². The van der Waals surface area contributed by atoms with Gasteiger partial charge in [-0.25, -0.2) is 0 Å². The lowest BCUT2D eigenvalue weighted by molar-refractivity contribution is 0.691. The van der Waals surface area contributed by atoms with E-state index in [9.17, 15) is 0 Å². The largest absolute Gasteiger partial charge is 0.296 e. The van der Waals surface area contributed by atoms with Gasteiger partial charge in [-0.15, -0.1) is 6.58 Å². The van der Waals surface area contributed by atoms with Crippen LogP contribution in [-0.4, -0.2) is 6.54 Å². The molecule has 0 aliphatic rings. The summed E-state index contributed by atoms with van der Waals surface area (Å²) in [6, 6.07) is 17.7. The number of benzene rings is 2. The average molecular weight is 282 g/mol. The maximum absolute atomic E-state index is 5.92. The summed E-state index contributed by atoms with van der Waals surface area (Å²) in [7, 11) is 0. The summed E-state index contributed by atoms with van der Waals surface area (Å²) in [6.45, 7) is 4.43. The number of hydrogen-bond acceptors (Lipinski definition) is 1. The summed E-state index contributed by atoms with van der Waals surface area (Å²) < 4.78 is 0. The van der Waals surface area contributed by atoms with Crippen molar-refractivity contribution in [2.75, 3.05) is 6.54 Å². The van der Waals surface area contributed by atoms with E-state index in [-0.39, 0.29) is 6.04 Å². The SMILES string of the molecule is C=CCNC(C#Cc1ccccc1)c1ccc(Cl)cc1. The molecular weight excluding hydrogens is 266 g/mol. The van der Waals surface area contributed by atoms with E-state index in [2.05, 4.69) is 23.7 Å². The molecule has 0 fully saturated rings. The van der Waals surface area contributed by atoms with Gasteiger partial charge in [0, 0.05) is 17.1 Å². The molecule has 0 aliphatic heterocycles. The van der Waals surface area contributed by atoms with Gasteiger partial charge in [0.05, 0.1) is 6.04 Å². The van der Waals surface area contributed by atoms with Crippen molar-refractivity contribution >= 4 is 11.6 Å². The van der Waals surface area contributed by atoms with Crippen molar-refractivity contribution in [3.05, 3.63) is 83.4 Å². The van der Waals surface area contributed by atoms with Gasteiger partial charge in [0.2, 0.25) is 0 Å². The Morgan fingerprint density at radius 3 is 2.45 bits per heavy atom. The van der Waals surface area contributed by atoms with E-state index in [1.807, 2.05) is 60.7 Å². The van der Waals surface area contributed by atoms with E-state index in [0.717, 1.165) is 16.1 Å². The van der Waals surface area contributed by atoms with Crippen LogP contribution in [0, 0.1) is 11.8 Å². The Bertz CT molecular complexity index is 605. The molecule has 0 radical (unpaired) electrons. The van der Waals surface area contributed by atoms with Gasteiger partial charge < -0.3 is 0 Å². The summed E-state index contributed by atoms with van der Waals surface area (Å²) in [5.74, 6) is 6.44. The second-order valence-electron chi connectivity index (χ2n) is 4.32. The van der Waals surface area contributed by atoms with Gasteiger partial charge in [-0.1, -0.05) is 59.8 Å². The second kappa shape index (κ2) is 7.55. The quantitative estimate of drug-likeness (QED) is 0.654. The third-order valence-corrected chi connectivity index (χ3v) is 3.06. The number of hydrogen-bond donors (Lipinski definition) is 1. The highest BCUT2D eigenvalue weighted by Gasteiger charge is 2.06. The highest BCUT2D eigenvalue weighted by molar-refractivity contribution is 6.30. The summed E-state index contributed by atoms with van der Waals surface area (Å²) in [5.41, 5.74) is 2.10. The summed E-state index contributed by atoms with van der Waals surface area (Å²) in [4.78, 5) is 0. The first kappa shape index (κ1) is 14.4. The van der Waals surface area contributed by atoms with Gasteiger partial charge in [0.1, 0.15) is 0 Å². The molecule has 1 atom stereocenters. The third kappa shape index (κ3) is 4.28. The Balaban J connectivity index is 2.22. The molecule has 0 aromatic heterocycles. The lowest BCUT2D eigenvalue weighted by Crippen LogP contribution is -2.19. The predicted molar refractivity (Wildman–Crippen MR) is 85.7 cm³/mol. The van der Waals surface area contributed by atoms with Crippen molar-refractivity contribution in [1.82, 2.24) is 5.32 Å². The minimum atomic E-state index is -0.0366. The molecule has 2 aromatic rings. The van der Waals surface area contributed by atoms with E-state index in [0.29, 0.717) is 6.54 Å². The van der Waals surface area contributed by atoms with Gasteiger partial charge in [0.25, 0.3) is 0 Å². The summed E-state index contributed by atoms with van der Waals surface area (Å²) in [5, 5.41) is 4.07. The Kier molecular flexibility index (Phi) is 5.43. The molecule has 2 heteroatoms. The van der Waals surface area contributed by atoms with Crippen LogP contribution in [-0.2, 0) is 0 Å². The maximum atomic E-state index is 5.92. The standard InChI is InChI=1S/C18H16ClN/c1-2-14-20-18(16-9-11-17(19)12-10-16)13-8-15-6-4-3-5-7-15/h2-7,9-12,18,20H,1,14H2. The fraction of sp³-hybridized carbons (Fsp3) is 0.111. The Hall–Kier alpha value is -2.01.